The van der Waals surface area contributed by atoms with Crippen molar-refractivity contribution in [3.63, 3.8) is 0 Å². The predicted octanol–water partition coefficient (Wildman–Crippen LogP) is 2.77. The Morgan fingerprint density at radius 2 is 1.89 bits per heavy atom. The maximum absolute atomic E-state index is 5.59. The van der Waals surface area contributed by atoms with E-state index in [1.165, 1.54) is 6.33 Å². The van der Waals surface area contributed by atoms with Crippen LogP contribution in [0.2, 0.25) is 0 Å². The fourth-order valence-electron chi connectivity index (χ4n) is 1.52. The van der Waals surface area contributed by atoms with Crippen LogP contribution in [0.5, 0.6) is 5.75 Å². The third kappa shape index (κ3) is 3.82. The van der Waals surface area contributed by atoms with Crippen molar-refractivity contribution in [1.82, 2.24) is 9.97 Å². The van der Waals surface area contributed by atoms with Crippen LogP contribution in [0.1, 0.15) is 0 Å². The van der Waals surface area contributed by atoms with Gasteiger partial charge >= 0.3 is 0 Å². The Morgan fingerprint density at radius 3 is 2.63 bits per heavy atom. The average molecular weight is 323 g/mol. The predicted molar refractivity (Wildman–Crippen MR) is 79.7 cm³/mol. The van der Waals surface area contributed by atoms with Crippen molar-refractivity contribution < 1.29 is 4.74 Å². The lowest BCUT2D eigenvalue weighted by Crippen LogP contribution is -2.13. The second-order valence-electron chi connectivity index (χ2n) is 3.72. The molecule has 0 fully saturated rings. The van der Waals surface area contributed by atoms with Crippen LogP contribution in [0.3, 0.4) is 0 Å². The van der Waals surface area contributed by atoms with Gasteiger partial charge in [0.15, 0.2) is 0 Å². The van der Waals surface area contributed by atoms with Crippen molar-refractivity contribution in [2.24, 2.45) is 0 Å². The van der Waals surface area contributed by atoms with E-state index in [2.05, 4.69) is 36.5 Å². The molecule has 2 rings (SSSR count). The summed E-state index contributed by atoms with van der Waals surface area (Å²) in [5.41, 5.74) is 0. The van der Waals surface area contributed by atoms with E-state index in [0.29, 0.717) is 13.2 Å². The molecule has 0 atom stereocenters. The topological polar surface area (TPSA) is 59.1 Å². The molecule has 0 saturated carbocycles. The summed E-state index contributed by atoms with van der Waals surface area (Å²) in [5.74, 6) is 2.36. The van der Waals surface area contributed by atoms with Gasteiger partial charge in [0.2, 0.25) is 0 Å². The normalized spacial score (nSPS) is 10.0. The molecule has 1 heterocycles. The number of hydrogen-bond acceptors (Lipinski definition) is 5. The van der Waals surface area contributed by atoms with E-state index in [1.54, 1.807) is 0 Å². The van der Waals surface area contributed by atoms with E-state index in [-0.39, 0.29) is 0 Å². The number of rotatable bonds is 6. The highest BCUT2D eigenvalue weighted by atomic mass is 79.9. The minimum atomic E-state index is 0.565. The molecule has 0 amide bonds. The molecule has 0 spiro atoms. The number of nitrogens with one attached hydrogen (secondary N) is 2. The number of ether oxygens (including phenoxy) is 1. The van der Waals surface area contributed by atoms with Gasteiger partial charge in [0.05, 0.1) is 6.54 Å². The van der Waals surface area contributed by atoms with Crippen molar-refractivity contribution in [3.8, 4) is 5.75 Å². The molecule has 0 bridgehead atoms. The quantitative estimate of drug-likeness (QED) is 0.801. The Balaban J connectivity index is 1.83. The van der Waals surface area contributed by atoms with Crippen LogP contribution >= 0.6 is 15.9 Å². The minimum Gasteiger partial charge on any atom is -0.492 e. The maximum atomic E-state index is 5.59. The smallest absolute Gasteiger partial charge is 0.146 e. The van der Waals surface area contributed by atoms with Gasteiger partial charge in [0.25, 0.3) is 0 Å². The largest absolute Gasteiger partial charge is 0.492 e. The van der Waals surface area contributed by atoms with Gasteiger partial charge in [-0.25, -0.2) is 9.97 Å². The van der Waals surface area contributed by atoms with E-state index in [1.807, 2.05) is 37.4 Å². The number of nitrogens with zero attached hydrogens (tertiary/aromatic N) is 2. The van der Waals surface area contributed by atoms with E-state index >= 15 is 0 Å². The Morgan fingerprint density at radius 1 is 1.16 bits per heavy atom. The molecule has 100 valence electrons. The summed E-state index contributed by atoms with van der Waals surface area (Å²) in [6.45, 7) is 1.23. The first-order chi connectivity index (χ1) is 9.31. The van der Waals surface area contributed by atoms with Gasteiger partial charge in [-0.15, -0.1) is 0 Å². The number of hydrogen-bond donors (Lipinski definition) is 2. The molecule has 19 heavy (non-hydrogen) atoms. The van der Waals surface area contributed by atoms with Gasteiger partial charge in [-0.1, -0.05) is 18.2 Å². The minimum absolute atomic E-state index is 0.565. The van der Waals surface area contributed by atoms with Gasteiger partial charge in [-0.2, -0.15) is 0 Å². The second-order valence-corrected chi connectivity index (χ2v) is 4.52. The third-order valence-corrected chi connectivity index (χ3v) is 3.18. The van der Waals surface area contributed by atoms with Crippen molar-refractivity contribution in [2.75, 3.05) is 30.8 Å². The number of halogens is 1. The fourth-order valence-corrected chi connectivity index (χ4v) is 2.07. The molecule has 6 heteroatoms. The second kappa shape index (κ2) is 6.94. The van der Waals surface area contributed by atoms with Crippen LogP contribution in [0, 0.1) is 0 Å². The summed E-state index contributed by atoms with van der Waals surface area (Å²) in [7, 11) is 1.81. The van der Waals surface area contributed by atoms with E-state index < -0.39 is 0 Å². The molecule has 2 aromatic rings. The lowest BCUT2D eigenvalue weighted by Gasteiger charge is -2.10. The highest BCUT2D eigenvalue weighted by Crippen LogP contribution is 2.25. The van der Waals surface area contributed by atoms with Crippen LogP contribution in [-0.2, 0) is 0 Å². The standard InChI is InChI=1S/C13H15BrN4O/c1-15-12-11(14)13(18-9-17-12)16-7-8-19-10-5-3-2-4-6-10/h2-6,9H,7-8H2,1H3,(H2,15,16,17,18). The summed E-state index contributed by atoms with van der Waals surface area (Å²) in [6, 6.07) is 9.72. The molecule has 0 aliphatic rings. The van der Waals surface area contributed by atoms with Crippen molar-refractivity contribution in [2.45, 2.75) is 0 Å². The molecule has 0 aliphatic heterocycles. The first kappa shape index (κ1) is 13.6. The lowest BCUT2D eigenvalue weighted by atomic mass is 10.3. The van der Waals surface area contributed by atoms with Crippen molar-refractivity contribution >= 4 is 27.6 Å². The van der Waals surface area contributed by atoms with Crippen LogP contribution < -0.4 is 15.4 Å². The summed E-state index contributed by atoms with van der Waals surface area (Å²) < 4.78 is 6.40. The van der Waals surface area contributed by atoms with Crippen LogP contribution in [-0.4, -0.2) is 30.2 Å². The highest BCUT2D eigenvalue weighted by molar-refractivity contribution is 9.10. The maximum Gasteiger partial charge on any atom is 0.146 e. The molecule has 1 aromatic carbocycles. The van der Waals surface area contributed by atoms with Gasteiger partial charge < -0.3 is 15.4 Å². The average Bonchev–Trinajstić information content (AvgIpc) is 2.46. The molecular weight excluding hydrogens is 308 g/mol. The molecule has 0 saturated heterocycles. The number of para-hydroxylation sites is 1. The van der Waals surface area contributed by atoms with Crippen LogP contribution in [0.25, 0.3) is 0 Å². The summed E-state index contributed by atoms with van der Waals surface area (Å²) in [6.07, 6.45) is 1.51. The van der Waals surface area contributed by atoms with Crippen molar-refractivity contribution in [3.05, 3.63) is 41.1 Å². The Bertz CT molecular complexity index is 521. The Labute approximate surface area is 120 Å². The SMILES string of the molecule is CNc1ncnc(NCCOc2ccccc2)c1Br. The fraction of sp³-hybridized carbons (Fsp3) is 0.231. The summed E-state index contributed by atoms with van der Waals surface area (Å²) in [5, 5.41) is 6.18. The summed E-state index contributed by atoms with van der Waals surface area (Å²) in [4.78, 5) is 8.26. The Hall–Kier alpha value is -1.82. The third-order valence-electron chi connectivity index (χ3n) is 2.43. The summed E-state index contributed by atoms with van der Waals surface area (Å²) >= 11 is 3.45. The van der Waals surface area contributed by atoms with Crippen LogP contribution in [0.4, 0.5) is 11.6 Å². The zero-order valence-electron chi connectivity index (χ0n) is 10.6. The van der Waals surface area contributed by atoms with Crippen molar-refractivity contribution in [1.29, 1.82) is 0 Å². The van der Waals surface area contributed by atoms with Gasteiger partial charge in [-0.3, -0.25) is 0 Å². The molecule has 2 N–H and O–H groups in total. The number of anilines is 2. The van der Waals surface area contributed by atoms with Gasteiger partial charge in [0.1, 0.15) is 34.8 Å². The van der Waals surface area contributed by atoms with E-state index in [4.69, 9.17) is 4.74 Å². The first-order valence-corrected chi connectivity index (χ1v) is 6.70. The molecular formula is C13H15BrN4O. The zero-order valence-corrected chi connectivity index (χ0v) is 12.1. The number of aromatic nitrogens is 2. The molecule has 0 unspecified atom stereocenters. The van der Waals surface area contributed by atoms with Gasteiger partial charge in [-0.05, 0) is 28.1 Å². The number of benzene rings is 1. The van der Waals surface area contributed by atoms with E-state index in [9.17, 15) is 0 Å². The molecule has 1 aromatic heterocycles. The molecule has 5 nitrogen and oxygen atoms in total. The van der Waals surface area contributed by atoms with Crippen LogP contribution in [0.15, 0.2) is 41.1 Å². The lowest BCUT2D eigenvalue weighted by molar-refractivity contribution is 0.332. The van der Waals surface area contributed by atoms with E-state index in [0.717, 1.165) is 21.9 Å². The monoisotopic (exact) mass is 322 g/mol. The highest BCUT2D eigenvalue weighted by Gasteiger charge is 2.06. The Kier molecular flexibility index (Phi) is 4.97. The molecule has 0 aliphatic carbocycles. The van der Waals surface area contributed by atoms with Gasteiger partial charge in [0, 0.05) is 7.05 Å². The zero-order chi connectivity index (χ0) is 13.5. The molecule has 0 radical (unpaired) electrons. The first-order valence-electron chi connectivity index (χ1n) is 5.91.